The maximum absolute atomic E-state index is 13.3. The van der Waals surface area contributed by atoms with Crippen LogP contribution in [0.5, 0.6) is 5.75 Å². The average Bonchev–Trinajstić information content (AvgIpc) is 3.34. The molecule has 160 valence electrons. The van der Waals surface area contributed by atoms with Gasteiger partial charge in [-0.05, 0) is 29.8 Å². The molecule has 0 aliphatic carbocycles. The van der Waals surface area contributed by atoms with Crippen LogP contribution in [0, 0.1) is 0 Å². The van der Waals surface area contributed by atoms with Crippen LogP contribution in [-0.4, -0.2) is 54.0 Å². The standard InChI is InChI=1S/C24H25N3O4/c28-20-9-4-8-19(17-20)26-11-13-27(14-12-26)24(30)21(16-18-6-2-1-3-7-18)25-23(29)22-10-5-15-31-22/h1-10,15,17,21,28H,11-14,16H2,(H,25,29). The minimum absolute atomic E-state index is 0.112. The highest BCUT2D eigenvalue weighted by atomic mass is 16.3. The third kappa shape index (κ3) is 5.06. The second kappa shape index (κ2) is 9.38. The molecular weight excluding hydrogens is 394 g/mol. The molecular formula is C24H25N3O4. The summed E-state index contributed by atoms with van der Waals surface area (Å²) in [4.78, 5) is 29.8. The number of nitrogens with zero attached hydrogens (tertiary/aromatic N) is 2. The lowest BCUT2D eigenvalue weighted by Gasteiger charge is -2.37. The van der Waals surface area contributed by atoms with Crippen molar-refractivity contribution in [2.24, 2.45) is 0 Å². The molecule has 0 spiro atoms. The molecule has 1 fully saturated rings. The van der Waals surface area contributed by atoms with E-state index in [1.54, 1.807) is 29.2 Å². The van der Waals surface area contributed by atoms with E-state index in [-0.39, 0.29) is 17.4 Å². The highest BCUT2D eigenvalue weighted by Gasteiger charge is 2.29. The van der Waals surface area contributed by atoms with Gasteiger partial charge in [0.1, 0.15) is 11.8 Å². The van der Waals surface area contributed by atoms with Crippen LogP contribution in [0.4, 0.5) is 5.69 Å². The molecule has 0 bridgehead atoms. The first-order chi connectivity index (χ1) is 15.1. The van der Waals surface area contributed by atoms with Gasteiger partial charge in [-0.25, -0.2) is 0 Å². The second-order valence-electron chi connectivity index (χ2n) is 7.53. The van der Waals surface area contributed by atoms with Gasteiger partial charge in [0.15, 0.2) is 5.76 Å². The molecule has 1 unspecified atom stereocenters. The van der Waals surface area contributed by atoms with Crippen molar-refractivity contribution >= 4 is 17.5 Å². The van der Waals surface area contributed by atoms with Crippen molar-refractivity contribution in [3.63, 3.8) is 0 Å². The van der Waals surface area contributed by atoms with E-state index in [0.29, 0.717) is 32.6 Å². The Kier molecular flexibility index (Phi) is 6.21. The van der Waals surface area contributed by atoms with Crippen molar-refractivity contribution in [2.75, 3.05) is 31.1 Å². The Balaban J connectivity index is 1.44. The van der Waals surface area contributed by atoms with Crippen LogP contribution in [0.1, 0.15) is 16.1 Å². The van der Waals surface area contributed by atoms with Crippen LogP contribution in [-0.2, 0) is 11.2 Å². The van der Waals surface area contributed by atoms with Gasteiger partial charge in [0, 0.05) is 44.4 Å². The van der Waals surface area contributed by atoms with E-state index in [1.807, 2.05) is 42.5 Å². The molecule has 2 aromatic carbocycles. The maximum Gasteiger partial charge on any atom is 0.287 e. The van der Waals surface area contributed by atoms with Crippen LogP contribution >= 0.6 is 0 Å². The smallest absolute Gasteiger partial charge is 0.287 e. The molecule has 7 heteroatoms. The Labute approximate surface area is 180 Å². The molecule has 1 aliphatic rings. The molecule has 0 radical (unpaired) electrons. The van der Waals surface area contributed by atoms with Crippen LogP contribution in [0.25, 0.3) is 0 Å². The minimum atomic E-state index is -0.688. The van der Waals surface area contributed by atoms with Crippen molar-refractivity contribution < 1.29 is 19.1 Å². The molecule has 3 aromatic rings. The molecule has 2 amide bonds. The normalized spacial score (nSPS) is 14.8. The fraction of sp³-hybridized carbons (Fsp3) is 0.250. The number of benzene rings is 2. The summed E-state index contributed by atoms with van der Waals surface area (Å²) in [6, 6.07) is 19.3. The lowest BCUT2D eigenvalue weighted by atomic mass is 10.0. The SMILES string of the molecule is O=C(NC(Cc1ccccc1)C(=O)N1CCN(c2cccc(O)c2)CC1)c1ccco1. The number of anilines is 1. The van der Waals surface area contributed by atoms with Crippen molar-refractivity contribution in [2.45, 2.75) is 12.5 Å². The molecule has 1 atom stereocenters. The lowest BCUT2D eigenvalue weighted by molar-refractivity contribution is -0.133. The van der Waals surface area contributed by atoms with E-state index in [0.717, 1.165) is 11.3 Å². The quantitative estimate of drug-likeness (QED) is 0.642. The van der Waals surface area contributed by atoms with E-state index in [1.165, 1.54) is 6.26 Å². The molecule has 1 saturated heterocycles. The van der Waals surface area contributed by atoms with E-state index in [4.69, 9.17) is 4.42 Å². The van der Waals surface area contributed by atoms with Crippen molar-refractivity contribution in [1.82, 2.24) is 10.2 Å². The summed E-state index contributed by atoms with van der Waals surface area (Å²) < 4.78 is 5.18. The largest absolute Gasteiger partial charge is 0.508 e. The van der Waals surface area contributed by atoms with Crippen LogP contribution in [0.2, 0.25) is 0 Å². The van der Waals surface area contributed by atoms with Gasteiger partial charge in [0.25, 0.3) is 5.91 Å². The number of hydrogen-bond donors (Lipinski definition) is 2. The summed E-state index contributed by atoms with van der Waals surface area (Å²) in [7, 11) is 0. The molecule has 1 aliphatic heterocycles. The van der Waals surface area contributed by atoms with Crippen molar-refractivity contribution in [3.05, 3.63) is 84.3 Å². The number of phenolic OH excluding ortho intramolecular Hbond substituents is 1. The summed E-state index contributed by atoms with van der Waals surface area (Å²) in [6.45, 7) is 2.38. The first kappa shape index (κ1) is 20.5. The van der Waals surface area contributed by atoms with Crippen molar-refractivity contribution in [3.8, 4) is 5.75 Å². The minimum Gasteiger partial charge on any atom is -0.508 e. The molecule has 1 aromatic heterocycles. The van der Waals surface area contributed by atoms with E-state index in [9.17, 15) is 14.7 Å². The van der Waals surface area contributed by atoms with Gasteiger partial charge in [-0.1, -0.05) is 36.4 Å². The predicted octanol–water partition coefficient (Wildman–Crippen LogP) is 2.68. The number of furan rings is 1. The number of phenols is 1. The molecule has 31 heavy (non-hydrogen) atoms. The number of nitrogens with one attached hydrogen (secondary N) is 1. The zero-order valence-corrected chi connectivity index (χ0v) is 17.1. The van der Waals surface area contributed by atoms with Gasteiger partial charge in [0.2, 0.25) is 5.91 Å². The number of amides is 2. The zero-order chi connectivity index (χ0) is 21.6. The topological polar surface area (TPSA) is 86.0 Å². The van der Waals surface area contributed by atoms with Gasteiger partial charge >= 0.3 is 0 Å². The number of piperazine rings is 1. The van der Waals surface area contributed by atoms with E-state index in [2.05, 4.69) is 10.2 Å². The monoisotopic (exact) mass is 419 g/mol. The first-order valence-electron chi connectivity index (χ1n) is 10.3. The van der Waals surface area contributed by atoms with Crippen LogP contribution in [0.15, 0.2) is 77.4 Å². The van der Waals surface area contributed by atoms with Gasteiger partial charge in [-0.3, -0.25) is 9.59 Å². The summed E-state index contributed by atoms with van der Waals surface area (Å²) in [5, 5.41) is 12.6. The van der Waals surface area contributed by atoms with Gasteiger partial charge in [-0.2, -0.15) is 0 Å². The van der Waals surface area contributed by atoms with Crippen molar-refractivity contribution in [1.29, 1.82) is 0 Å². The highest BCUT2D eigenvalue weighted by Crippen LogP contribution is 2.21. The number of carbonyl (C=O) groups excluding carboxylic acids is 2. The van der Waals surface area contributed by atoms with E-state index >= 15 is 0 Å². The summed E-state index contributed by atoms with van der Waals surface area (Å²) in [5.41, 5.74) is 1.90. The summed E-state index contributed by atoms with van der Waals surface area (Å²) in [6.07, 6.45) is 1.84. The Morgan fingerprint density at radius 1 is 0.968 bits per heavy atom. The summed E-state index contributed by atoms with van der Waals surface area (Å²) in [5.74, 6) is -0.115. The Morgan fingerprint density at radius 3 is 2.42 bits per heavy atom. The fourth-order valence-corrected chi connectivity index (χ4v) is 3.78. The number of carbonyl (C=O) groups is 2. The second-order valence-corrected chi connectivity index (χ2v) is 7.53. The molecule has 4 rings (SSSR count). The third-order valence-electron chi connectivity index (χ3n) is 5.42. The van der Waals surface area contributed by atoms with Gasteiger partial charge in [0.05, 0.1) is 6.26 Å². The zero-order valence-electron chi connectivity index (χ0n) is 17.1. The Morgan fingerprint density at radius 2 is 1.74 bits per heavy atom. The number of aromatic hydroxyl groups is 1. The van der Waals surface area contributed by atoms with E-state index < -0.39 is 11.9 Å². The third-order valence-corrected chi connectivity index (χ3v) is 5.42. The van der Waals surface area contributed by atoms with Gasteiger partial charge in [-0.15, -0.1) is 0 Å². The molecule has 2 heterocycles. The first-order valence-corrected chi connectivity index (χ1v) is 10.3. The van der Waals surface area contributed by atoms with Crippen LogP contribution < -0.4 is 10.2 Å². The Bertz CT molecular complexity index is 1010. The molecule has 0 saturated carbocycles. The number of rotatable bonds is 6. The van der Waals surface area contributed by atoms with Gasteiger partial charge < -0.3 is 24.6 Å². The Hall–Kier alpha value is -3.74. The fourth-order valence-electron chi connectivity index (χ4n) is 3.78. The van der Waals surface area contributed by atoms with Crippen LogP contribution in [0.3, 0.4) is 0 Å². The lowest BCUT2D eigenvalue weighted by Crippen LogP contribution is -2.55. The molecule has 2 N–H and O–H groups in total. The highest BCUT2D eigenvalue weighted by molar-refractivity contribution is 5.95. The number of hydrogen-bond acceptors (Lipinski definition) is 5. The maximum atomic E-state index is 13.3. The predicted molar refractivity (Wildman–Crippen MR) is 117 cm³/mol. The average molecular weight is 419 g/mol. The summed E-state index contributed by atoms with van der Waals surface area (Å²) >= 11 is 0. The molecule has 7 nitrogen and oxygen atoms in total.